The number of benzene rings is 1. The lowest BCUT2D eigenvalue weighted by Gasteiger charge is -2.28. The molecule has 0 spiro atoms. The van der Waals surface area contributed by atoms with E-state index in [4.69, 9.17) is 4.74 Å². The van der Waals surface area contributed by atoms with Gasteiger partial charge in [0, 0.05) is 17.5 Å². The molecule has 1 aliphatic heterocycles. The van der Waals surface area contributed by atoms with Gasteiger partial charge in [-0.2, -0.15) is 0 Å². The monoisotopic (exact) mass is 246 g/mol. The molecule has 0 saturated heterocycles. The molecular formula is C13H14N2OS. The zero-order valence-corrected chi connectivity index (χ0v) is 10.4. The first kappa shape index (κ1) is 10.5. The van der Waals surface area contributed by atoms with Gasteiger partial charge >= 0.3 is 0 Å². The minimum Gasteiger partial charge on any atom is -0.497 e. The predicted molar refractivity (Wildman–Crippen MR) is 72.2 cm³/mol. The summed E-state index contributed by atoms with van der Waals surface area (Å²) in [4.78, 5) is 1.35. The van der Waals surface area contributed by atoms with E-state index in [0.29, 0.717) is 6.04 Å². The van der Waals surface area contributed by atoms with Gasteiger partial charge in [0.2, 0.25) is 0 Å². The van der Waals surface area contributed by atoms with Gasteiger partial charge in [0.1, 0.15) is 5.75 Å². The molecule has 1 aromatic carbocycles. The van der Waals surface area contributed by atoms with Gasteiger partial charge in [0.05, 0.1) is 24.5 Å². The van der Waals surface area contributed by atoms with Crippen molar-refractivity contribution in [1.29, 1.82) is 0 Å². The van der Waals surface area contributed by atoms with Gasteiger partial charge in [-0.05, 0) is 23.6 Å². The maximum atomic E-state index is 5.24. The highest BCUT2D eigenvalue weighted by Crippen LogP contribution is 2.35. The molecule has 2 aromatic rings. The average molecular weight is 246 g/mol. The molecule has 0 amide bonds. The minimum atomic E-state index is 0.342. The maximum Gasteiger partial charge on any atom is 0.121 e. The van der Waals surface area contributed by atoms with E-state index in [9.17, 15) is 0 Å². The molecule has 1 atom stereocenters. The molecular weight excluding hydrogens is 232 g/mol. The van der Waals surface area contributed by atoms with Crippen LogP contribution in [-0.4, -0.2) is 13.7 Å². The Kier molecular flexibility index (Phi) is 2.65. The van der Waals surface area contributed by atoms with Crippen molar-refractivity contribution in [3.05, 3.63) is 40.6 Å². The highest BCUT2D eigenvalue weighted by Gasteiger charge is 2.19. The van der Waals surface area contributed by atoms with Gasteiger partial charge in [0.25, 0.3) is 0 Å². The van der Waals surface area contributed by atoms with Gasteiger partial charge < -0.3 is 15.4 Å². The SMILES string of the molecule is COc1ccc2c(c1)NC(c1cccs1)CN2. The van der Waals surface area contributed by atoms with Crippen molar-refractivity contribution in [3.63, 3.8) is 0 Å². The minimum absolute atomic E-state index is 0.342. The third-order valence-electron chi connectivity index (χ3n) is 2.94. The lowest BCUT2D eigenvalue weighted by atomic mass is 10.1. The summed E-state index contributed by atoms with van der Waals surface area (Å²) in [5.41, 5.74) is 2.24. The summed E-state index contributed by atoms with van der Waals surface area (Å²) >= 11 is 1.78. The van der Waals surface area contributed by atoms with Crippen molar-refractivity contribution in [3.8, 4) is 5.75 Å². The number of hydrogen-bond acceptors (Lipinski definition) is 4. The number of fused-ring (bicyclic) bond motifs is 1. The summed E-state index contributed by atoms with van der Waals surface area (Å²) in [7, 11) is 1.69. The van der Waals surface area contributed by atoms with E-state index in [-0.39, 0.29) is 0 Å². The molecule has 0 fully saturated rings. The highest BCUT2D eigenvalue weighted by atomic mass is 32.1. The molecule has 88 valence electrons. The smallest absolute Gasteiger partial charge is 0.121 e. The molecule has 0 radical (unpaired) electrons. The van der Waals surface area contributed by atoms with Crippen LogP contribution in [0.5, 0.6) is 5.75 Å². The molecule has 1 unspecified atom stereocenters. The fraction of sp³-hybridized carbons (Fsp3) is 0.231. The van der Waals surface area contributed by atoms with E-state index in [0.717, 1.165) is 23.7 Å². The molecule has 1 aliphatic rings. The van der Waals surface area contributed by atoms with E-state index in [1.165, 1.54) is 4.88 Å². The fourth-order valence-corrected chi connectivity index (χ4v) is 2.81. The molecule has 4 heteroatoms. The van der Waals surface area contributed by atoms with Crippen LogP contribution in [0, 0.1) is 0 Å². The Morgan fingerprint density at radius 2 is 2.24 bits per heavy atom. The summed E-state index contributed by atoms with van der Waals surface area (Å²) in [6, 6.07) is 10.6. The number of ether oxygens (including phenoxy) is 1. The van der Waals surface area contributed by atoms with Crippen molar-refractivity contribution in [2.75, 3.05) is 24.3 Å². The topological polar surface area (TPSA) is 33.3 Å². The first-order valence-corrected chi connectivity index (χ1v) is 6.46. The number of nitrogens with one attached hydrogen (secondary N) is 2. The highest BCUT2D eigenvalue weighted by molar-refractivity contribution is 7.10. The van der Waals surface area contributed by atoms with Gasteiger partial charge in [-0.15, -0.1) is 11.3 Å². The molecule has 17 heavy (non-hydrogen) atoms. The number of methoxy groups -OCH3 is 1. The van der Waals surface area contributed by atoms with Crippen molar-refractivity contribution in [2.45, 2.75) is 6.04 Å². The molecule has 2 N–H and O–H groups in total. The second kappa shape index (κ2) is 4.30. The van der Waals surface area contributed by atoms with E-state index in [2.05, 4.69) is 28.1 Å². The first-order chi connectivity index (χ1) is 8.36. The van der Waals surface area contributed by atoms with E-state index >= 15 is 0 Å². The molecule has 0 saturated carbocycles. The molecule has 0 aliphatic carbocycles. The second-order valence-electron chi connectivity index (χ2n) is 4.00. The van der Waals surface area contributed by atoms with Crippen LogP contribution in [0.4, 0.5) is 11.4 Å². The maximum absolute atomic E-state index is 5.24. The first-order valence-electron chi connectivity index (χ1n) is 5.58. The Bertz CT molecular complexity index is 510. The predicted octanol–water partition coefficient (Wildman–Crippen LogP) is 3.34. The van der Waals surface area contributed by atoms with Crippen molar-refractivity contribution in [2.24, 2.45) is 0 Å². The zero-order valence-electron chi connectivity index (χ0n) is 9.57. The zero-order chi connectivity index (χ0) is 11.7. The quantitative estimate of drug-likeness (QED) is 0.852. The van der Waals surface area contributed by atoms with Crippen LogP contribution in [0.15, 0.2) is 35.7 Å². The fourth-order valence-electron chi connectivity index (χ4n) is 2.04. The third-order valence-corrected chi connectivity index (χ3v) is 3.93. The van der Waals surface area contributed by atoms with Crippen LogP contribution in [0.25, 0.3) is 0 Å². The van der Waals surface area contributed by atoms with E-state index < -0.39 is 0 Å². The van der Waals surface area contributed by atoms with Crippen LogP contribution in [0.3, 0.4) is 0 Å². The Hall–Kier alpha value is -1.68. The largest absolute Gasteiger partial charge is 0.497 e. The molecule has 2 heterocycles. The molecule has 3 nitrogen and oxygen atoms in total. The van der Waals surface area contributed by atoms with Gasteiger partial charge in [-0.3, -0.25) is 0 Å². The van der Waals surface area contributed by atoms with E-state index in [1.807, 2.05) is 18.2 Å². The Labute approximate surface area is 104 Å². The van der Waals surface area contributed by atoms with Crippen molar-refractivity contribution in [1.82, 2.24) is 0 Å². The molecule has 0 bridgehead atoms. The molecule has 3 rings (SSSR count). The summed E-state index contributed by atoms with van der Waals surface area (Å²) in [6.07, 6.45) is 0. The Morgan fingerprint density at radius 1 is 1.29 bits per heavy atom. The Balaban J connectivity index is 1.89. The normalized spacial score (nSPS) is 17.8. The van der Waals surface area contributed by atoms with Crippen LogP contribution in [0.2, 0.25) is 0 Å². The lowest BCUT2D eigenvalue weighted by molar-refractivity contribution is 0.415. The number of thiophene rings is 1. The molecule has 1 aromatic heterocycles. The van der Waals surface area contributed by atoms with E-state index in [1.54, 1.807) is 18.4 Å². The van der Waals surface area contributed by atoms with Crippen molar-refractivity contribution < 1.29 is 4.74 Å². The number of rotatable bonds is 2. The van der Waals surface area contributed by atoms with Crippen LogP contribution in [0.1, 0.15) is 10.9 Å². The van der Waals surface area contributed by atoms with Gasteiger partial charge in [-0.25, -0.2) is 0 Å². The van der Waals surface area contributed by atoms with Gasteiger partial charge in [-0.1, -0.05) is 6.07 Å². The van der Waals surface area contributed by atoms with Crippen molar-refractivity contribution >= 4 is 22.7 Å². The summed E-state index contributed by atoms with van der Waals surface area (Å²) < 4.78 is 5.24. The summed E-state index contributed by atoms with van der Waals surface area (Å²) in [6.45, 7) is 0.917. The number of hydrogen-bond donors (Lipinski definition) is 2. The second-order valence-corrected chi connectivity index (χ2v) is 4.98. The Morgan fingerprint density at radius 3 is 3.00 bits per heavy atom. The van der Waals surface area contributed by atoms with Crippen LogP contribution < -0.4 is 15.4 Å². The van der Waals surface area contributed by atoms with Crippen LogP contribution in [-0.2, 0) is 0 Å². The standard InChI is InChI=1S/C13H14N2OS/c1-16-9-4-5-10-11(7-9)15-12(8-14-10)13-3-2-6-17-13/h2-7,12,14-15H,8H2,1H3. The summed E-state index contributed by atoms with van der Waals surface area (Å²) in [5.74, 6) is 0.880. The van der Waals surface area contributed by atoms with Crippen LogP contribution >= 0.6 is 11.3 Å². The third kappa shape index (κ3) is 1.96. The summed E-state index contributed by atoms with van der Waals surface area (Å²) in [5, 5.41) is 9.09. The van der Waals surface area contributed by atoms with Gasteiger partial charge in [0.15, 0.2) is 0 Å². The number of anilines is 2. The average Bonchev–Trinajstić information content (AvgIpc) is 2.91. The lowest BCUT2D eigenvalue weighted by Crippen LogP contribution is -2.25.